The van der Waals surface area contributed by atoms with E-state index in [1.165, 1.54) is 17.7 Å². The number of hydrogen-bond donors (Lipinski definition) is 1. The van der Waals surface area contributed by atoms with E-state index in [0.717, 1.165) is 17.8 Å². The molecule has 0 spiro atoms. The van der Waals surface area contributed by atoms with Crippen molar-refractivity contribution in [1.29, 1.82) is 0 Å². The predicted octanol–water partition coefficient (Wildman–Crippen LogP) is 2.76. The van der Waals surface area contributed by atoms with Gasteiger partial charge in [-0.15, -0.1) is 0 Å². The minimum atomic E-state index is -0.324. The molecule has 0 radical (unpaired) electrons. The standard InChI is InChI=1S/C16H15FN2O/c17-12-5-7-13(8-6-12)19-14(10-16(18)20)9-11-3-1-2-4-15(11)19/h1-8,14H,9-10H2,(H2,18,20). The molecular formula is C16H15FN2O. The van der Waals surface area contributed by atoms with Crippen molar-refractivity contribution in [3.05, 3.63) is 59.9 Å². The monoisotopic (exact) mass is 270 g/mol. The second kappa shape index (κ2) is 4.96. The van der Waals surface area contributed by atoms with E-state index < -0.39 is 0 Å². The molecule has 1 aliphatic rings. The summed E-state index contributed by atoms with van der Waals surface area (Å²) in [5, 5.41) is 0. The van der Waals surface area contributed by atoms with E-state index in [2.05, 4.69) is 4.90 Å². The van der Waals surface area contributed by atoms with Crippen LogP contribution in [0.1, 0.15) is 12.0 Å². The van der Waals surface area contributed by atoms with Crippen molar-refractivity contribution in [3.8, 4) is 0 Å². The van der Waals surface area contributed by atoms with Gasteiger partial charge in [-0.05, 0) is 42.3 Å². The van der Waals surface area contributed by atoms with Gasteiger partial charge in [0.15, 0.2) is 0 Å². The van der Waals surface area contributed by atoms with Crippen molar-refractivity contribution in [2.24, 2.45) is 5.73 Å². The van der Waals surface area contributed by atoms with Crippen LogP contribution < -0.4 is 10.6 Å². The Hall–Kier alpha value is -2.36. The van der Waals surface area contributed by atoms with Gasteiger partial charge in [0.1, 0.15) is 5.82 Å². The lowest BCUT2D eigenvalue weighted by atomic mass is 10.1. The summed E-state index contributed by atoms with van der Waals surface area (Å²) in [5.74, 6) is -0.595. The molecule has 102 valence electrons. The first-order valence-corrected chi connectivity index (χ1v) is 6.56. The quantitative estimate of drug-likeness (QED) is 0.932. The minimum absolute atomic E-state index is 0.00430. The molecule has 2 aromatic carbocycles. The van der Waals surface area contributed by atoms with Crippen LogP contribution in [-0.4, -0.2) is 11.9 Å². The van der Waals surface area contributed by atoms with E-state index >= 15 is 0 Å². The molecule has 0 saturated carbocycles. The number of benzene rings is 2. The van der Waals surface area contributed by atoms with Gasteiger partial charge in [0.05, 0.1) is 0 Å². The maximum absolute atomic E-state index is 13.1. The number of primary amides is 1. The van der Waals surface area contributed by atoms with Crippen LogP contribution in [0.5, 0.6) is 0 Å². The van der Waals surface area contributed by atoms with Crippen molar-refractivity contribution >= 4 is 17.3 Å². The van der Waals surface area contributed by atoms with E-state index in [1.807, 2.05) is 24.3 Å². The molecule has 1 atom stereocenters. The van der Waals surface area contributed by atoms with Crippen molar-refractivity contribution in [2.75, 3.05) is 4.90 Å². The Kier molecular flexibility index (Phi) is 3.14. The molecule has 0 aliphatic carbocycles. The fourth-order valence-electron chi connectivity index (χ4n) is 2.81. The number of fused-ring (bicyclic) bond motifs is 1. The van der Waals surface area contributed by atoms with Crippen molar-refractivity contribution in [3.63, 3.8) is 0 Å². The van der Waals surface area contributed by atoms with E-state index in [0.29, 0.717) is 0 Å². The van der Waals surface area contributed by atoms with Gasteiger partial charge in [0.25, 0.3) is 0 Å². The van der Waals surface area contributed by atoms with Gasteiger partial charge in [-0.3, -0.25) is 4.79 Å². The largest absolute Gasteiger partial charge is 0.370 e. The number of amides is 1. The molecule has 0 bridgehead atoms. The van der Waals surface area contributed by atoms with Crippen LogP contribution in [0.2, 0.25) is 0 Å². The molecule has 0 saturated heterocycles. The van der Waals surface area contributed by atoms with Crippen LogP contribution in [0, 0.1) is 5.82 Å². The topological polar surface area (TPSA) is 46.3 Å². The fraction of sp³-hybridized carbons (Fsp3) is 0.188. The first-order chi connectivity index (χ1) is 9.65. The highest BCUT2D eigenvalue weighted by atomic mass is 19.1. The lowest BCUT2D eigenvalue weighted by molar-refractivity contribution is -0.118. The van der Waals surface area contributed by atoms with Crippen LogP contribution in [0.15, 0.2) is 48.5 Å². The zero-order chi connectivity index (χ0) is 14.1. The number of halogens is 1. The Bertz CT molecular complexity index is 639. The summed E-state index contributed by atoms with van der Waals surface area (Å²) in [6, 6.07) is 14.3. The van der Waals surface area contributed by atoms with Gasteiger partial charge >= 0.3 is 0 Å². The molecule has 1 amide bonds. The summed E-state index contributed by atoms with van der Waals surface area (Å²) in [4.78, 5) is 13.3. The fourth-order valence-corrected chi connectivity index (χ4v) is 2.81. The highest BCUT2D eigenvalue weighted by molar-refractivity contribution is 5.78. The predicted molar refractivity (Wildman–Crippen MR) is 76.3 cm³/mol. The first kappa shape index (κ1) is 12.7. The number of carbonyl (C=O) groups excluding carboxylic acids is 1. The third-order valence-electron chi connectivity index (χ3n) is 3.61. The van der Waals surface area contributed by atoms with Crippen LogP contribution in [0.3, 0.4) is 0 Å². The average Bonchev–Trinajstić information content (AvgIpc) is 2.77. The van der Waals surface area contributed by atoms with Crippen LogP contribution in [-0.2, 0) is 11.2 Å². The van der Waals surface area contributed by atoms with Crippen molar-refractivity contribution < 1.29 is 9.18 Å². The van der Waals surface area contributed by atoms with Crippen molar-refractivity contribution in [2.45, 2.75) is 18.9 Å². The van der Waals surface area contributed by atoms with Crippen LogP contribution in [0.4, 0.5) is 15.8 Å². The van der Waals surface area contributed by atoms with E-state index in [9.17, 15) is 9.18 Å². The molecule has 0 aromatic heterocycles. The second-order valence-electron chi connectivity index (χ2n) is 5.00. The number of carbonyl (C=O) groups is 1. The zero-order valence-electron chi connectivity index (χ0n) is 10.9. The van der Waals surface area contributed by atoms with Crippen LogP contribution >= 0.6 is 0 Å². The van der Waals surface area contributed by atoms with Gasteiger partial charge < -0.3 is 10.6 Å². The van der Waals surface area contributed by atoms with Gasteiger partial charge in [0.2, 0.25) is 5.91 Å². The number of rotatable bonds is 3. The number of nitrogens with two attached hydrogens (primary N) is 1. The van der Waals surface area contributed by atoms with E-state index in [1.54, 1.807) is 12.1 Å². The molecule has 2 aromatic rings. The Labute approximate surface area is 116 Å². The Morgan fingerprint density at radius 2 is 1.90 bits per heavy atom. The lowest BCUT2D eigenvalue weighted by Crippen LogP contribution is -2.32. The SMILES string of the molecule is NC(=O)CC1Cc2ccccc2N1c1ccc(F)cc1. The number of para-hydroxylation sites is 1. The molecule has 1 heterocycles. The number of anilines is 2. The third kappa shape index (κ3) is 2.25. The summed E-state index contributed by atoms with van der Waals surface area (Å²) in [6.45, 7) is 0. The number of nitrogens with zero attached hydrogens (tertiary/aromatic N) is 1. The Morgan fingerprint density at radius 1 is 1.20 bits per heavy atom. The van der Waals surface area contributed by atoms with Gasteiger partial charge in [-0.1, -0.05) is 18.2 Å². The normalized spacial score (nSPS) is 17.1. The van der Waals surface area contributed by atoms with Gasteiger partial charge in [-0.2, -0.15) is 0 Å². The minimum Gasteiger partial charge on any atom is -0.370 e. The molecule has 1 aliphatic heterocycles. The van der Waals surface area contributed by atoms with E-state index in [-0.39, 0.29) is 24.2 Å². The molecule has 1 unspecified atom stereocenters. The highest BCUT2D eigenvalue weighted by Crippen LogP contribution is 2.39. The molecular weight excluding hydrogens is 255 g/mol. The first-order valence-electron chi connectivity index (χ1n) is 6.56. The molecule has 0 fully saturated rings. The number of hydrogen-bond acceptors (Lipinski definition) is 2. The van der Waals surface area contributed by atoms with Gasteiger partial charge in [0, 0.05) is 23.8 Å². The molecule has 4 heteroatoms. The molecule has 3 nitrogen and oxygen atoms in total. The van der Waals surface area contributed by atoms with Gasteiger partial charge in [-0.25, -0.2) is 4.39 Å². The van der Waals surface area contributed by atoms with E-state index in [4.69, 9.17) is 5.73 Å². The third-order valence-corrected chi connectivity index (χ3v) is 3.61. The summed E-state index contributed by atoms with van der Waals surface area (Å²) >= 11 is 0. The lowest BCUT2D eigenvalue weighted by Gasteiger charge is -2.27. The van der Waals surface area contributed by atoms with Crippen molar-refractivity contribution in [1.82, 2.24) is 0 Å². The molecule has 20 heavy (non-hydrogen) atoms. The maximum Gasteiger partial charge on any atom is 0.219 e. The second-order valence-corrected chi connectivity index (χ2v) is 5.00. The smallest absolute Gasteiger partial charge is 0.219 e. The molecule has 2 N–H and O–H groups in total. The average molecular weight is 270 g/mol. The summed E-state index contributed by atoms with van der Waals surface area (Å²) in [6.07, 6.45) is 1.06. The summed E-state index contributed by atoms with van der Waals surface area (Å²) < 4.78 is 13.1. The maximum atomic E-state index is 13.1. The highest BCUT2D eigenvalue weighted by Gasteiger charge is 2.31. The Morgan fingerprint density at radius 3 is 2.60 bits per heavy atom. The Balaban J connectivity index is 2.02. The summed E-state index contributed by atoms with van der Waals surface area (Å²) in [5.41, 5.74) is 8.47. The summed E-state index contributed by atoms with van der Waals surface area (Å²) in [7, 11) is 0. The zero-order valence-corrected chi connectivity index (χ0v) is 10.9. The van der Waals surface area contributed by atoms with Crippen LogP contribution in [0.25, 0.3) is 0 Å². The molecule has 3 rings (SSSR count).